The van der Waals surface area contributed by atoms with Crippen molar-refractivity contribution in [2.45, 2.75) is 33.1 Å². The van der Waals surface area contributed by atoms with E-state index in [-0.39, 0.29) is 0 Å². The van der Waals surface area contributed by atoms with Gasteiger partial charge in [-0.05, 0) is 18.3 Å². The molecule has 0 unspecified atom stereocenters. The van der Waals surface area contributed by atoms with Crippen LogP contribution in [0.3, 0.4) is 0 Å². The zero-order valence-corrected chi connectivity index (χ0v) is 7.43. The normalized spacial score (nSPS) is 22.8. The lowest BCUT2D eigenvalue weighted by Crippen LogP contribution is -2.35. The third-order valence-corrected chi connectivity index (χ3v) is 2.97. The van der Waals surface area contributed by atoms with Crippen LogP contribution in [0.1, 0.15) is 33.1 Å². The molecule has 1 heterocycles. The predicted octanol–water partition coefficient (Wildman–Crippen LogP) is 1.98. The monoisotopic (exact) mass is 152 g/mol. The number of hydrogen-bond donors (Lipinski definition) is 0. The predicted molar refractivity (Wildman–Crippen MR) is 44.8 cm³/mol. The van der Waals surface area contributed by atoms with E-state index in [4.69, 9.17) is 5.26 Å². The number of likely N-dealkylation sites (tertiary alicyclic amines) is 1. The molecule has 0 saturated carbocycles. The Balaban J connectivity index is 2.42. The lowest BCUT2D eigenvalue weighted by atomic mass is 9.78. The Morgan fingerprint density at radius 3 is 2.36 bits per heavy atom. The number of piperidine rings is 1. The van der Waals surface area contributed by atoms with Gasteiger partial charge in [0.25, 0.3) is 0 Å². The Morgan fingerprint density at radius 1 is 1.45 bits per heavy atom. The summed E-state index contributed by atoms with van der Waals surface area (Å²) < 4.78 is 0. The van der Waals surface area contributed by atoms with Crippen molar-refractivity contribution in [1.82, 2.24) is 4.90 Å². The summed E-state index contributed by atoms with van der Waals surface area (Å²) in [6.07, 6.45) is 5.80. The average Bonchev–Trinajstić information content (AvgIpc) is 2.06. The first-order chi connectivity index (χ1) is 5.20. The van der Waals surface area contributed by atoms with Crippen molar-refractivity contribution < 1.29 is 0 Å². The minimum absolute atomic E-state index is 0.507. The van der Waals surface area contributed by atoms with Crippen molar-refractivity contribution in [1.29, 1.82) is 5.26 Å². The molecule has 1 aliphatic rings. The van der Waals surface area contributed by atoms with Crippen LogP contribution in [0.25, 0.3) is 0 Å². The molecule has 1 fully saturated rings. The maximum atomic E-state index is 8.61. The van der Waals surface area contributed by atoms with Crippen molar-refractivity contribution in [2.24, 2.45) is 5.41 Å². The van der Waals surface area contributed by atoms with E-state index in [1.54, 1.807) is 0 Å². The number of nitrogens with zero attached hydrogens (tertiary/aromatic N) is 2. The standard InChI is InChI=1S/C9H16N2/c1-3-9(2)4-6-11(8-10)7-5-9/h3-7H2,1-2H3. The van der Waals surface area contributed by atoms with E-state index in [1.807, 2.05) is 4.90 Å². The lowest BCUT2D eigenvalue weighted by Gasteiger charge is -2.36. The molecule has 0 aromatic rings. The van der Waals surface area contributed by atoms with Crippen LogP contribution in [0.4, 0.5) is 0 Å². The molecule has 0 atom stereocenters. The fourth-order valence-electron chi connectivity index (χ4n) is 1.50. The number of nitriles is 1. The van der Waals surface area contributed by atoms with E-state index in [2.05, 4.69) is 20.0 Å². The van der Waals surface area contributed by atoms with Crippen LogP contribution in [0.5, 0.6) is 0 Å². The molecule has 0 spiro atoms. The van der Waals surface area contributed by atoms with E-state index in [0.29, 0.717) is 5.41 Å². The fourth-order valence-corrected chi connectivity index (χ4v) is 1.50. The number of rotatable bonds is 1. The summed E-state index contributed by atoms with van der Waals surface area (Å²) >= 11 is 0. The molecule has 0 aliphatic carbocycles. The van der Waals surface area contributed by atoms with Crippen molar-refractivity contribution in [3.63, 3.8) is 0 Å². The van der Waals surface area contributed by atoms with Gasteiger partial charge in [0, 0.05) is 13.1 Å². The zero-order valence-electron chi connectivity index (χ0n) is 7.43. The van der Waals surface area contributed by atoms with Crippen LogP contribution < -0.4 is 0 Å². The molecule has 0 aromatic carbocycles. The number of hydrogen-bond acceptors (Lipinski definition) is 2. The van der Waals surface area contributed by atoms with Crippen molar-refractivity contribution in [3.8, 4) is 6.19 Å². The van der Waals surface area contributed by atoms with Gasteiger partial charge in [0.1, 0.15) is 0 Å². The smallest absolute Gasteiger partial charge is 0.179 e. The van der Waals surface area contributed by atoms with Gasteiger partial charge in [0.15, 0.2) is 6.19 Å². The molecule has 1 rings (SSSR count). The Bertz CT molecular complexity index is 161. The Morgan fingerprint density at radius 2 is 2.00 bits per heavy atom. The highest BCUT2D eigenvalue weighted by Gasteiger charge is 2.27. The van der Waals surface area contributed by atoms with Gasteiger partial charge in [-0.25, -0.2) is 0 Å². The van der Waals surface area contributed by atoms with Gasteiger partial charge in [0.05, 0.1) is 0 Å². The van der Waals surface area contributed by atoms with E-state index >= 15 is 0 Å². The second-order valence-corrected chi connectivity index (χ2v) is 3.75. The van der Waals surface area contributed by atoms with E-state index < -0.39 is 0 Å². The van der Waals surface area contributed by atoms with E-state index in [9.17, 15) is 0 Å². The zero-order chi connectivity index (χ0) is 8.32. The summed E-state index contributed by atoms with van der Waals surface area (Å²) in [4.78, 5) is 1.86. The van der Waals surface area contributed by atoms with Crippen LogP contribution in [0.15, 0.2) is 0 Å². The highest BCUT2D eigenvalue weighted by Crippen LogP contribution is 2.33. The van der Waals surface area contributed by atoms with Crippen molar-refractivity contribution >= 4 is 0 Å². The minimum atomic E-state index is 0.507. The second kappa shape index (κ2) is 3.13. The van der Waals surface area contributed by atoms with E-state index in [0.717, 1.165) is 13.1 Å². The van der Waals surface area contributed by atoms with Gasteiger partial charge in [-0.15, -0.1) is 0 Å². The molecule has 1 aliphatic heterocycles. The molecule has 0 amide bonds. The first-order valence-corrected chi connectivity index (χ1v) is 4.35. The van der Waals surface area contributed by atoms with Crippen molar-refractivity contribution in [2.75, 3.05) is 13.1 Å². The SMILES string of the molecule is CCC1(C)CCN(C#N)CC1. The third kappa shape index (κ3) is 1.86. The highest BCUT2D eigenvalue weighted by atomic mass is 15.1. The summed E-state index contributed by atoms with van der Waals surface area (Å²) in [7, 11) is 0. The molecule has 0 aromatic heterocycles. The van der Waals surface area contributed by atoms with Crippen LogP contribution in [-0.4, -0.2) is 18.0 Å². The summed E-state index contributed by atoms with van der Waals surface area (Å²) in [6.45, 7) is 6.48. The first kappa shape index (κ1) is 8.39. The Labute approximate surface area is 68.8 Å². The average molecular weight is 152 g/mol. The summed E-state index contributed by atoms with van der Waals surface area (Å²) in [5, 5.41) is 8.61. The topological polar surface area (TPSA) is 27.0 Å². The van der Waals surface area contributed by atoms with Crippen molar-refractivity contribution in [3.05, 3.63) is 0 Å². The molecule has 1 saturated heterocycles. The Kier molecular flexibility index (Phi) is 2.38. The Hall–Kier alpha value is -0.710. The molecular weight excluding hydrogens is 136 g/mol. The quantitative estimate of drug-likeness (QED) is 0.537. The molecule has 0 radical (unpaired) electrons. The van der Waals surface area contributed by atoms with Crippen LogP contribution in [0.2, 0.25) is 0 Å². The minimum Gasteiger partial charge on any atom is -0.311 e. The van der Waals surface area contributed by atoms with Crippen LogP contribution in [-0.2, 0) is 0 Å². The fraction of sp³-hybridized carbons (Fsp3) is 0.889. The molecule has 0 N–H and O–H groups in total. The van der Waals surface area contributed by atoms with Gasteiger partial charge in [-0.1, -0.05) is 20.3 Å². The first-order valence-electron chi connectivity index (χ1n) is 4.35. The molecule has 2 nitrogen and oxygen atoms in total. The maximum Gasteiger partial charge on any atom is 0.179 e. The molecule has 11 heavy (non-hydrogen) atoms. The summed E-state index contributed by atoms with van der Waals surface area (Å²) in [6, 6.07) is 0. The van der Waals surface area contributed by atoms with Gasteiger partial charge in [-0.2, -0.15) is 5.26 Å². The third-order valence-electron chi connectivity index (χ3n) is 2.97. The van der Waals surface area contributed by atoms with E-state index in [1.165, 1.54) is 19.3 Å². The largest absolute Gasteiger partial charge is 0.311 e. The van der Waals surface area contributed by atoms with Gasteiger partial charge < -0.3 is 4.90 Å². The van der Waals surface area contributed by atoms with Gasteiger partial charge in [-0.3, -0.25) is 0 Å². The lowest BCUT2D eigenvalue weighted by molar-refractivity contribution is 0.154. The summed E-state index contributed by atoms with van der Waals surface area (Å²) in [5.74, 6) is 0. The van der Waals surface area contributed by atoms with Gasteiger partial charge >= 0.3 is 0 Å². The van der Waals surface area contributed by atoms with Crippen LogP contribution >= 0.6 is 0 Å². The summed E-state index contributed by atoms with van der Waals surface area (Å²) in [5.41, 5.74) is 0.507. The second-order valence-electron chi connectivity index (χ2n) is 3.75. The molecular formula is C9H16N2. The molecule has 62 valence electrons. The maximum absolute atomic E-state index is 8.61. The molecule has 2 heteroatoms. The molecule has 0 bridgehead atoms. The van der Waals surface area contributed by atoms with Crippen LogP contribution in [0, 0.1) is 16.9 Å². The van der Waals surface area contributed by atoms with Gasteiger partial charge in [0.2, 0.25) is 0 Å². The highest BCUT2D eigenvalue weighted by molar-refractivity contribution is 4.86.